The van der Waals surface area contributed by atoms with Crippen LogP contribution in [0.15, 0.2) is 65.6 Å². The monoisotopic (exact) mass is 476 g/mol. The van der Waals surface area contributed by atoms with E-state index in [4.69, 9.17) is 5.73 Å². The number of rotatable bonds is 6. The van der Waals surface area contributed by atoms with Gasteiger partial charge in [0, 0.05) is 6.07 Å². The van der Waals surface area contributed by atoms with Crippen LogP contribution in [0.5, 0.6) is 0 Å². The SMILES string of the molecule is Nc1[nH+]c(NCc2ccc(F)cc2)ccc1NS(=O)(=O)c1ccc(C(F)(F)F)cc1.[Cl-]. The highest BCUT2D eigenvalue weighted by Gasteiger charge is 2.30. The predicted molar refractivity (Wildman–Crippen MR) is 103 cm³/mol. The Morgan fingerprint density at radius 1 is 0.935 bits per heavy atom. The minimum Gasteiger partial charge on any atom is -1.00 e. The lowest BCUT2D eigenvalue weighted by atomic mass is 10.2. The number of aromatic amines is 1. The summed E-state index contributed by atoms with van der Waals surface area (Å²) in [4.78, 5) is 2.44. The quantitative estimate of drug-likeness (QED) is 0.455. The second-order valence-corrected chi connectivity index (χ2v) is 7.99. The maximum absolute atomic E-state index is 12.9. The van der Waals surface area contributed by atoms with Crippen LogP contribution in [-0.2, 0) is 22.7 Å². The maximum Gasteiger partial charge on any atom is 0.416 e. The summed E-state index contributed by atoms with van der Waals surface area (Å²) in [5.74, 6) is 0.128. The van der Waals surface area contributed by atoms with Gasteiger partial charge in [0.05, 0.1) is 17.0 Å². The summed E-state index contributed by atoms with van der Waals surface area (Å²) in [7, 11) is -4.14. The normalized spacial score (nSPS) is 11.5. The van der Waals surface area contributed by atoms with E-state index in [-0.39, 0.29) is 34.6 Å². The molecule has 0 unspecified atom stereocenters. The second-order valence-electron chi connectivity index (χ2n) is 6.31. The Labute approximate surface area is 182 Å². The van der Waals surface area contributed by atoms with E-state index in [9.17, 15) is 26.0 Å². The summed E-state index contributed by atoms with van der Waals surface area (Å²) in [6.07, 6.45) is -4.56. The lowest BCUT2D eigenvalue weighted by Gasteiger charge is -2.11. The molecular formula is C19H17ClF4N4O2S. The fourth-order valence-corrected chi connectivity index (χ4v) is 3.61. The molecule has 5 N–H and O–H groups in total. The lowest BCUT2D eigenvalue weighted by molar-refractivity contribution is -0.342. The van der Waals surface area contributed by atoms with Crippen molar-refractivity contribution in [3.63, 3.8) is 0 Å². The third-order valence-corrected chi connectivity index (χ3v) is 5.49. The predicted octanol–water partition coefficient (Wildman–Crippen LogP) is 0.658. The minimum absolute atomic E-state index is 0. The summed E-state index contributed by atoms with van der Waals surface area (Å²) >= 11 is 0. The first-order valence-corrected chi connectivity index (χ1v) is 10.0. The van der Waals surface area contributed by atoms with Crippen molar-refractivity contribution < 1.29 is 43.4 Å². The number of alkyl halides is 3. The fourth-order valence-electron chi connectivity index (χ4n) is 2.53. The molecule has 1 aromatic heterocycles. The minimum atomic E-state index is -4.56. The van der Waals surface area contributed by atoms with Crippen LogP contribution in [0.3, 0.4) is 0 Å². The zero-order chi connectivity index (χ0) is 21.9. The van der Waals surface area contributed by atoms with Gasteiger partial charge in [-0.25, -0.2) is 17.8 Å². The molecule has 0 aliphatic heterocycles. The van der Waals surface area contributed by atoms with Crippen molar-refractivity contribution in [2.45, 2.75) is 17.6 Å². The van der Waals surface area contributed by atoms with Crippen LogP contribution in [0.1, 0.15) is 11.1 Å². The highest BCUT2D eigenvalue weighted by atomic mass is 35.5. The molecular weight excluding hydrogens is 460 g/mol. The molecule has 1 heterocycles. The maximum atomic E-state index is 12.9. The van der Waals surface area contributed by atoms with E-state index in [2.05, 4.69) is 15.0 Å². The van der Waals surface area contributed by atoms with Crippen molar-refractivity contribution in [3.8, 4) is 0 Å². The number of hydrogen-bond acceptors (Lipinski definition) is 4. The molecule has 0 aliphatic carbocycles. The zero-order valence-electron chi connectivity index (χ0n) is 15.7. The van der Waals surface area contributed by atoms with Crippen molar-refractivity contribution in [1.29, 1.82) is 0 Å². The van der Waals surface area contributed by atoms with Crippen LogP contribution < -0.4 is 33.2 Å². The number of H-pyrrole nitrogens is 1. The van der Waals surface area contributed by atoms with Gasteiger partial charge in [-0.05, 0) is 48.0 Å². The van der Waals surface area contributed by atoms with E-state index in [0.717, 1.165) is 17.7 Å². The zero-order valence-corrected chi connectivity index (χ0v) is 17.2. The molecule has 0 saturated carbocycles. The molecule has 0 saturated heterocycles. The van der Waals surface area contributed by atoms with Gasteiger partial charge in [-0.3, -0.25) is 4.72 Å². The van der Waals surface area contributed by atoms with Crippen molar-refractivity contribution in [3.05, 3.63) is 77.6 Å². The van der Waals surface area contributed by atoms with Crippen molar-refractivity contribution >= 4 is 27.3 Å². The topological polar surface area (TPSA) is 98.4 Å². The molecule has 31 heavy (non-hydrogen) atoms. The van der Waals surface area contributed by atoms with E-state index in [0.29, 0.717) is 24.5 Å². The summed E-state index contributed by atoms with van der Waals surface area (Å²) < 4.78 is 77.9. The third kappa shape index (κ3) is 6.22. The molecule has 0 fully saturated rings. The largest absolute Gasteiger partial charge is 1.00 e. The van der Waals surface area contributed by atoms with E-state index in [1.54, 1.807) is 12.1 Å². The van der Waals surface area contributed by atoms with Gasteiger partial charge in [-0.1, -0.05) is 12.1 Å². The highest BCUT2D eigenvalue weighted by molar-refractivity contribution is 7.92. The third-order valence-electron chi connectivity index (χ3n) is 4.11. The number of hydrogen-bond donors (Lipinski definition) is 3. The molecule has 0 amide bonds. The van der Waals surface area contributed by atoms with Crippen LogP contribution in [0.25, 0.3) is 0 Å². The molecule has 2 aromatic carbocycles. The molecule has 3 rings (SSSR count). The van der Waals surface area contributed by atoms with Crippen LogP contribution in [0.4, 0.5) is 34.9 Å². The Balaban J connectivity index is 0.00000341. The number of anilines is 3. The Morgan fingerprint density at radius 2 is 1.55 bits per heavy atom. The number of halogens is 5. The Kier molecular flexibility index (Phi) is 7.34. The summed E-state index contributed by atoms with van der Waals surface area (Å²) in [5.41, 5.74) is 5.75. The smallest absolute Gasteiger partial charge is 0.416 e. The fraction of sp³-hybridized carbons (Fsp3) is 0.105. The van der Waals surface area contributed by atoms with Crippen molar-refractivity contribution in [1.82, 2.24) is 0 Å². The van der Waals surface area contributed by atoms with Crippen molar-refractivity contribution in [2.75, 3.05) is 15.8 Å². The average molecular weight is 477 g/mol. The van der Waals surface area contributed by atoms with E-state index in [1.165, 1.54) is 24.3 Å². The Hall–Kier alpha value is -3.05. The first kappa shape index (κ1) is 24.2. The van der Waals surface area contributed by atoms with Gasteiger partial charge in [-0.15, -0.1) is 0 Å². The van der Waals surface area contributed by atoms with Crippen LogP contribution in [0.2, 0.25) is 0 Å². The van der Waals surface area contributed by atoms with Gasteiger partial charge in [0.1, 0.15) is 11.5 Å². The van der Waals surface area contributed by atoms with Crippen LogP contribution >= 0.6 is 0 Å². The highest BCUT2D eigenvalue weighted by Crippen LogP contribution is 2.30. The van der Waals surface area contributed by atoms with Gasteiger partial charge < -0.3 is 23.5 Å². The number of pyridine rings is 1. The van der Waals surface area contributed by atoms with E-state index in [1.807, 2.05) is 0 Å². The summed E-state index contributed by atoms with van der Waals surface area (Å²) in [6.45, 7) is 0.368. The average Bonchev–Trinajstić information content (AvgIpc) is 2.69. The molecule has 6 nitrogen and oxygen atoms in total. The number of sulfonamides is 1. The molecule has 0 bridgehead atoms. The van der Waals surface area contributed by atoms with Gasteiger partial charge >= 0.3 is 6.18 Å². The van der Waals surface area contributed by atoms with Crippen LogP contribution in [-0.4, -0.2) is 8.42 Å². The molecule has 166 valence electrons. The standard InChI is InChI=1S/C19H16F4N4O2S.ClH/c20-14-5-1-12(2-6-14)11-25-17-10-9-16(18(24)26-17)27-30(28,29)15-7-3-13(4-8-15)19(21,22)23;/h1-10,27H,11H2,(H3,24,25,26);1H. The lowest BCUT2D eigenvalue weighted by Crippen LogP contribution is -3.00. The van der Waals surface area contributed by atoms with Crippen LogP contribution in [0, 0.1) is 5.82 Å². The van der Waals surface area contributed by atoms with E-state index < -0.39 is 21.8 Å². The van der Waals surface area contributed by atoms with Gasteiger partial charge in [0.15, 0.2) is 0 Å². The Bertz CT molecular complexity index is 1140. The first-order valence-electron chi connectivity index (χ1n) is 8.55. The number of benzene rings is 2. The second kappa shape index (κ2) is 9.40. The van der Waals surface area contributed by atoms with Crippen molar-refractivity contribution in [2.24, 2.45) is 0 Å². The van der Waals surface area contributed by atoms with Gasteiger partial charge in [0.2, 0.25) is 11.6 Å². The molecule has 0 aliphatic rings. The molecule has 0 atom stereocenters. The number of nitrogens with two attached hydrogens (primary N) is 1. The number of aromatic nitrogens is 1. The molecule has 0 spiro atoms. The molecule has 12 heteroatoms. The first-order chi connectivity index (χ1) is 14.0. The molecule has 3 aromatic rings. The summed E-state index contributed by atoms with van der Waals surface area (Å²) in [6, 6.07) is 11.9. The van der Waals surface area contributed by atoms with E-state index >= 15 is 0 Å². The number of nitrogen functional groups attached to an aromatic ring is 1. The molecule has 0 radical (unpaired) electrons. The van der Waals surface area contributed by atoms with Gasteiger partial charge in [-0.2, -0.15) is 13.2 Å². The number of nitrogens with one attached hydrogen (secondary N) is 3. The van der Waals surface area contributed by atoms with Gasteiger partial charge in [0.25, 0.3) is 10.0 Å². The Morgan fingerprint density at radius 3 is 2.10 bits per heavy atom. The summed E-state index contributed by atoms with van der Waals surface area (Å²) in [5, 5.41) is 3.02.